The summed E-state index contributed by atoms with van der Waals surface area (Å²) in [5.41, 5.74) is 7.18. The van der Waals surface area contributed by atoms with Gasteiger partial charge in [-0.05, 0) is 43.8 Å². The fraction of sp³-hybridized carbons (Fsp3) is 0.208. The number of amides is 1. The minimum atomic E-state index is -0.828. The van der Waals surface area contributed by atoms with E-state index >= 15 is 0 Å². The highest BCUT2D eigenvalue weighted by Gasteiger charge is 2.25. The lowest BCUT2D eigenvalue weighted by atomic mass is 10.0. The Hall–Kier alpha value is -3.63. The smallest absolute Gasteiger partial charge is 0.341 e. The summed E-state index contributed by atoms with van der Waals surface area (Å²) in [5, 5.41) is 3.59. The van der Waals surface area contributed by atoms with Gasteiger partial charge >= 0.3 is 5.97 Å². The molecular formula is C24H25N3O5S2. The molecule has 0 unspecified atom stereocenters. The Balaban J connectivity index is 1.68. The number of rotatable bonds is 7. The molecule has 1 aromatic heterocycles. The van der Waals surface area contributed by atoms with Gasteiger partial charge < -0.3 is 19.5 Å². The average molecular weight is 500 g/mol. The van der Waals surface area contributed by atoms with Crippen molar-refractivity contribution in [2.45, 2.75) is 20.0 Å². The summed E-state index contributed by atoms with van der Waals surface area (Å²) in [6.07, 6.45) is -0.828. The van der Waals surface area contributed by atoms with E-state index < -0.39 is 18.0 Å². The number of carbonyl (C=O) groups excluding carboxylic acids is 2. The van der Waals surface area contributed by atoms with Gasteiger partial charge in [0.15, 0.2) is 22.7 Å². The molecule has 0 bridgehead atoms. The number of anilines is 1. The van der Waals surface area contributed by atoms with Crippen molar-refractivity contribution in [3.8, 4) is 22.6 Å². The molecule has 0 aliphatic carbocycles. The number of benzene rings is 2. The molecule has 3 aromatic rings. The summed E-state index contributed by atoms with van der Waals surface area (Å²) in [5.74, 6) is 0.0236. The summed E-state index contributed by atoms with van der Waals surface area (Å²) in [6, 6.07) is 16.6. The molecule has 2 aromatic carbocycles. The van der Waals surface area contributed by atoms with Gasteiger partial charge in [0.05, 0.1) is 14.2 Å². The van der Waals surface area contributed by atoms with Crippen molar-refractivity contribution < 1.29 is 23.8 Å². The van der Waals surface area contributed by atoms with Crippen LogP contribution in [0.3, 0.4) is 0 Å². The molecule has 0 aliphatic rings. The summed E-state index contributed by atoms with van der Waals surface area (Å²) >= 11 is 6.68. The minimum Gasteiger partial charge on any atom is -0.493 e. The van der Waals surface area contributed by atoms with E-state index in [9.17, 15) is 9.59 Å². The average Bonchev–Trinajstić information content (AvgIpc) is 3.17. The number of ether oxygens (including phenoxy) is 3. The SMILES string of the molecule is COC(=O)c1c(NC(=S)NNC(=O)[C@H](C)Oc2ccccc2OC)sc(C)c1-c1ccccc1. The molecule has 1 atom stereocenters. The Labute approximate surface area is 207 Å². The third kappa shape index (κ3) is 5.83. The van der Waals surface area contributed by atoms with E-state index in [2.05, 4.69) is 16.2 Å². The Morgan fingerprint density at radius 2 is 1.62 bits per heavy atom. The lowest BCUT2D eigenvalue weighted by molar-refractivity contribution is -0.127. The van der Waals surface area contributed by atoms with Gasteiger partial charge in [-0.1, -0.05) is 42.5 Å². The first-order chi connectivity index (χ1) is 16.3. The molecule has 3 N–H and O–H groups in total. The molecular weight excluding hydrogens is 474 g/mol. The zero-order valence-corrected chi connectivity index (χ0v) is 20.8. The molecule has 3 rings (SSSR count). The van der Waals surface area contributed by atoms with Gasteiger partial charge in [-0.15, -0.1) is 11.3 Å². The maximum Gasteiger partial charge on any atom is 0.341 e. The number of methoxy groups -OCH3 is 2. The second-order valence-electron chi connectivity index (χ2n) is 7.07. The van der Waals surface area contributed by atoms with Crippen LogP contribution in [0.1, 0.15) is 22.2 Å². The van der Waals surface area contributed by atoms with Crippen LogP contribution in [0.2, 0.25) is 0 Å². The molecule has 0 radical (unpaired) electrons. The lowest BCUT2D eigenvalue weighted by Gasteiger charge is -2.17. The maximum atomic E-state index is 12.6. The largest absolute Gasteiger partial charge is 0.493 e. The minimum absolute atomic E-state index is 0.101. The third-order valence-electron chi connectivity index (χ3n) is 4.80. The van der Waals surface area contributed by atoms with E-state index in [0.717, 1.165) is 16.0 Å². The molecule has 34 heavy (non-hydrogen) atoms. The van der Waals surface area contributed by atoms with Crippen molar-refractivity contribution in [1.29, 1.82) is 0 Å². The van der Waals surface area contributed by atoms with Gasteiger partial charge in [0.1, 0.15) is 10.6 Å². The molecule has 178 valence electrons. The first-order valence-electron chi connectivity index (χ1n) is 10.3. The van der Waals surface area contributed by atoms with Crippen LogP contribution in [0.15, 0.2) is 54.6 Å². The van der Waals surface area contributed by atoms with Gasteiger partial charge in [0.2, 0.25) is 0 Å². The number of thiocarbonyl (C=S) groups is 1. The van der Waals surface area contributed by atoms with Crippen LogP contribution in [0, 0.1) is 6.92 Å². The summed E-state index contributed by atoms with van der Waals surface area (Å²) in [7, 11) is 2.85. The van der Waals surface area contributed by atoms with Crippen molar-refractivity contribution in [2.75, 3.05) is 19.5 Å². The van der Waals surface area contributed by atoms with Crippen molar-refractivity contribution in [2.24, 2.45) is 0 Å². The van der Waals surface area contributed by atoms with E-state index in [0.29, 0.717) is 22.1 Å². The lowest BCUT2D eigenvalue weighted by Crippen LogP contribution is -2.48. The predicted molar refractivity (Wildman–Crippen MR) is 136 cm³/mol. The second-order valence-corrected chi connectivity index (χ2v) is 8.71. The van der Waals surface area contributed by atoms with E-state index in [-0.39, 0.29) is 5.11 Å². The number of hydrogen-bond acceptors (Lipinski definition) is 7. The molecule has 0 spiro atoms. The number of esters is 1. The number of hydrogen-bond donors (Lipinski definition) is 3. The fourth-order valence-electron chi connectivity index (χ4n) is 3.20. The van der Waals surface area contributed by atoms with Gasteiger partial charge in [-0.3, -0.25) is 15.6 Å². The van der Waals surface area contributed by atoms with E-state index in [1.54, 1.807) is 31.2 Å². The highest BCUT2D eigenvalue weighted by atomic mass is 32.1. The van der Waals surface area contributed by atoms with Gasteiger partial charge in [-0.2, -0.15) is 0 Å². The van der Waals surface area contributed by atoms with Crippen LogP contribution < -0.4 is 25.6 Å². The first-order valence-corrected chi connectivity index (χ1v) is 11.5. The van der Waals surface area contributed by atoms with E-state index in [1.165, 1.54) is 25.6 Å². The highest BCUT2D eigenvalue weighted by Crippen LogP contribution is 2.40. The summed E-state index contributed by atoms with van der Waals surface area (Å²) in [6.45, 7) is 3.52. The van der Waals surface area contributed by atoms with E-state index in [1.807, 2.05) is 37.3 Å². The molecule has 8 nitrogen and oxygen atoms in total. The number of thiophene rings is 1. The van der Waals surface area contributed by atoms with Gasteiger partial charge in [-0.25, -0.2) is 4.79 Å². The van der Waals surface area contributed by atoms with Crippen molar-refractivity contribution in [3.63, 3.8) is 0 Å². The molecule has 0 saturated carbocycles. The zero-order valence-electron chi connectivity index (χ0n) is 19.1. The van der Waals surface area contributed by atoms with Crippen LogP contribution >= 0.6 is 23.6 Å². The molecule has 0 aliphatic heterocycles. The zero-order chi connectivity index (χ0) is 24.7. The maximum absolute atomic E-state index is 12.6. The Kier molecular flexibility index (Phi) is 8.44. The standard InChI is InChI=1S/C24H25N3O5S2/c1-14(32-18-13-9-8-12-17(18)30-3)21(28)26-27-24(33)25-22-20(23(29)31-4)19(15(2)34-22)16-10-6-5-7-11-16/h5-14H,1-4H3,(H,26,28)(H2,25,27,33)/t14-/m0/s1. The van der Waals surface area contributed by atoms with Crippen LogP contribution in [0.5, 0.6) is 11.5 Å². The Morgan fingerprint density at radius 3 is 2.26 bits per heavy atom. The van der Waals surface area contributed by atoms with Crippen LogP contribution in [-0.4, -0.2) is 37.3 Å². The molecule has 10 heteroatoms. The molecule has 0 fully saturated rings. The molecule has 1 heterocycles. The quantitative estimate of drug-likeness (QED) is 0.251. The van der Waals surface area contributed by atoms with Gasteiger partial charge in [0.25, 0.3) is 5.91 Å². The summed E-state index contributed by atoms with van der Waals surface area (Å²) < 4.78 is 15.9. The predicted octanol–water partition coefficient (Wildman–Crippen LogP) is 4.30. The number of hydrazine groups is 1. The van der Waals surface area contributed by atoms with Gasteiger partial charge in [0, 0.05) is 10.4 Å². The van der Waals surface area contributed by atoms with Crippen molar-refractivity contribution >= 4 is 45.5 Å². The van der Waals surface area contributed by atoms with E-state index in [4.69, 9.17) is 26.4 Å². The van der Waals surface area contributed by atoms with Crippen LogP contribution in [0.4, 0.5) is 5.00 Å². The van der Waals surface area contributed by atoms with Crippen LogP contribution in [0.25, 0.3) is 11.1 Å². The fourth-order valence-corrected chi connectivity index (χ4v) is 4.48. The Morgan fingerprint density at radius 1 is 0.971 bits per heavy atom. The topological polar surface area (TPSA) is 97.9 Å². The number of aryl methyl sites for hydroxylation is 1. The highest BCUT2D eigenvalue weighted by molar-refractivity contribution is 7.80. The second kappa shape index (κ2) is 11.5. The Bertz CT molecular complexity index is 1180. The first kappa shape index (κ1) is 25.0. The van der Waals surface area contributed by atoms with Crippen molar-refractivity contribution in [1.82, 2.24) is 10.9 Å². The number of nitrogens with one attached hydrogen (secondary N) is 3. The molecule has 0 saturated heterocycles. The normalized spacial score (nSPS) is 11.2. The number of para-hydroxylation sites is 2. The third-order valence-corrected chi connectivity index (χ3v) is 6.03. The monoisotopic (exact) mass is 499 g/mol. The summed E-state index contributed by atoms with van der Waals surface area (Å²) in [4.78, 5) is 26.0. The van der Waals surface area contributed by atoms with Crippen molar-refractivity contribution in [3.05, 3.63) is 65.0 Å². The van der Waals surface area contributed by atoms with Crippen LogP contribution in [-0.2, 0) is 9.53 Å². The molecule has 1 amide bonds. The number of carbonyl (C=O) groups is 2.